The SMILES string of the molecule is CN(CC/C(N)=N/O)Cc1cccnc1. The summed E-state index contributed by atoms with van der Waals surface area (Å²) >= 11 is 0. The van der Waals surface area contributed by atoms with Gasteiger partial charge >= 0.3 is 0 Å². The monoisotopic (exact) mass is 208 g/mol. The molecule has 0 aromatic carbocycles. The third-order valence-corrected chi connectivity index (χ3v) is 2.05. The van der Waals surface area contributed by atoms with Gasteiger partial charge in [-0.2, -0.15) is 0 Å². The predicted octanol–water partition coefficient (Wildman–Crippen LogP) is 0.650. The Labute approximate surface area is 89.2 Å². The summed E-state index contributed by atoms with van der Waals surface area (Å²) in [5.74, 6) is 0.257. The van der Waals surface area contributed by atoms with Crippen LogP contribution in [0.1, 0.15) is 12.0 Å². The van der Waals surface area contributed by atoms with Crippen LogP contribution in [0.15, 0.2) is 29.7 Å². The van der Waals surface area contributed by atoms with Crippen LogP contribution in [0.25, 0.3) is 0 Å². The first kappa shape index (κ1) is 11.5. The number of nitrogens with zero attached hydrogens (tertiary/aromatic N) is 3. The minimum Gasteiger partial charge on any atom is -0.409 e. The summed E-state index contributed by atoms with van der Waals surface area (Å²) in [6.45, 7) is 1.57. The molecule has 0 saturated heterocycles. The normalized spacial score (nSPS) is 12.0. The maximum atomic E-state index is 8.37. The summed E-state index contributed by atoms with van der Waals surface area (Å²) in [5, 5.41) is 11.3. The van der Waals surface area contributed by atoms with Gasteiger partial charge in [-0.25, -0.2) is 0 Å². The summed E-state index contributed by atoms with van der Waals surface area (Å²) in [6.07, 6.45) is 4.15. The third-order valence-electron chi connectivity index (χ3n) is 2.05. The number of pyridine rings is 1. The van der Waals surface area contributed by atoms with Gasteiger partial charge < -0.3 is 15.8 Å². The molecule has 0 fully saturated rings. The van der Waals surface area contributed by atoms with Crippen LogP contribution in [-0.4, -0.2) is 34.5 Å². The molecule has 0 saturated carbocycles. The van der Waals surface area contributed by atoms with Crippen molar-refractivity contribution >= 4 is 5.84 Å². The highest BCUT2D eigenvalue weighted by atomic mass is 16.4. The molecule has 0 aliphatic carbocycles. The number of rotatable bonds is 5. The van der Waals surface area contributed by atoms with Crippen molar-refractivity contribution in [2.75, 3.05) is 13.6 Å². The zero-order chi connectivity index (χ0) is 11.1. The van der Waals surface area contributed by atoms with Crippen molar-refractivity contribution in [3.8, 4) is 0 Å². The Balaban J connectivity index is 2.33. The number of hydrogen-bond acceptors (Lipinski definition) is 4. The Kier molecular flexibility index (Phi) is 4.56. The van der Waals surface area contributed by atoms with Crippen LogP contribution in [0.4, 0.5) is 0 Å². The Morgan fingerprint density at radius 2 is 2.47 bits per heavy atom. The van der Waals surface area contributed by atoms with Crippen molar-refractivity contribution in [3.63, 3.8) is 0 Å². The quantitative estimate of drug-likeness (QED) is 0.322. The summed E-state index contributed by atoms with van der Waals surface area (Å²) in [4.78, 5) is 6.13. The van der Waals surface area contributed by atoms with E-state index in [0.29, 0.717) is 6.42 Å². The van der Waals surface area contributed by atoms with E-state index < -0.39 is 0 Å². The number of amidine groups is 1. The molecular weight excluding hydrogens is 192 g/mol. The average molecular weight is 208 g/mol. The Bertz CT molecular complexity index is 312. The second-order valence-corrected chi connectivity index (χ2v) is 3.44. The molecule has 5 heteroatoms. The lowest BCUT2D eigenvalue weighted by Crippen LogP contribution is -2.24. The van der Waals surface area contributed by atoms with E-state index >= 15 is 0 Å². The van der Waals surface area contributed by atoms with Crippen molar-refractivity contribution in [1.82, 2.24) is 9.88 Å². The van der Waals surface area contributed by atoms with Crippen LogP contribution in [-0.2, 0) is 6.54 Å². The Hall–Kier alpha value is -1.62. The van der Waals surface area contributed by atoms with E-state index in [9.17, 15) is 0 Å². The first-order valence-corrected chi connectivity index (χ1v) is 4.76. The molecule has 0 amide bonds. The van der Waals surface area contributed by atoms with Gasteiger partial charge in [-0.1, -0.05) is 11.2 Å². The zero-order valence-electron chi connectivity index (χ0n) is 8.80. The van der Waals surface area contributed by atoms with Crippen LogP contribution < -0.4 is 5.73 Å². The third kappa shape index (κ3) is 4.42. The molecule has 3 N–H and O–H groups in total. The number of nitrogens with two attached hydrogens (primary N) is 1. The van der Waals surface area contributed by atoms with Gasteiger partial charge in [-0.3, -0.25) is 4.98 Å². The fraction of sp³-hybridized carbons (Fsp3) is 0.400. The van der Waals surface area contributed by atoms with Gasteiger partial charge in [-0.05, 0) is 18.7 Å². The molecule has 1 aromatic heterocycles. The molecule has 0 unspecified atom stereocenters. The van der Waals surface area contributed by atoms with Crippen LogP contribution in [0.2, 0.25) is 0 Å². The molecule has 1 aromatic rings. The topological polar surface area (TPSA) is 74.7 Å². The second kappa shape index (κ2) is 5.98. The molecule has 0 aliphatic heterocycles. The van der Waals surface area contributed by atoms with E-state index in [-0.39, 0.29) is 5.84 Å². The van der Waals surface area contributed by atoms with Gasteiger partial charge in [-0.15, -0.1) is 0 Å². The highest BCUT2D eigenvalue weighted by Gasteiger charge is 2.01. The number of aromatic nitrogens is 1. The fourth-order valence-corrected chi connectivity index (χ4v) is 1.24. The summed E-state index contributed by atoms with van der Waals surface area (Å²) < 4.78 is 0. The highest BCUT2D eigenvalue weighted by Crippen LogP contribution is 2.00. The van der Waals surface area contributed by atoms with Gasteiger partial charge in [0.25, 0.3) is 0 Å². The summed E-state index contributed by atoms with van der Waals surface area (Å²) in [6, 6.07) is 3.93. The summed E-state index contributed by atoms with van der Waals surface area (Å²) in [7, 11) is 1.98. The van der Waals surface area contributed by atoms with Gasteiger partial charge in [0, 0.05) is 31.9 Å². The first-order chi connectivity index (χ1) is 7.22. The predicted molar refractivity (Wildman–Crippen MR) is 58.6 cm³/mol. The Morgan fingerprint density at radius 3 is 3.07 bits per heavy atom. The van der Waals surface area contributed by atoms with E-state index in [1.54, 1.807) is 6.20 Å². The minimum atomic E-state index is 0.257. The lowest BCUT2D eigenvalue weighted by atomic mass is 10.2. The summed E-state index contributed by atoms with van der Waals surface area (Å²) in [5.41, 5.74) is 6.53. The molecule has 0 spiro atoms. The first-order valence-electron chi connectivity index (χ1n) is 4.76. The molecule has 1 heterocycles. The van der Waals surface area contributed by atoms with E-state index in [2.05, 4.69) is 15.0 Å². The van der Waals surface area contributed by atoms with E-state index in [4.69, 9.17) is 10.9 Å². The van der Waals surface area contributed by atoms with E-state index in [0.717, 1.165) is 18.7 Å². The largest absolute Gasteiger partial charge is 0.409 e. The maximum absolute atomic E-state index is 8.37. The van der Waals surface area contributed by atoms with Crippen LogP contribution in [0.3, 0.4) is 0 Å². The van der Waals surface area contributed by atoms with Crippen molar-refractivity contribution in [2.45, 2.75) is 13.0 Å². The number of oxime groups is 1. The van der Waals surface area contributed by atoms with Crippen LogP contribution in [0.5, 0.6) is 0 Å². The molecule has 1 rings (SSSR count). The van der Waals surface area contributed by atoms with Gasteiger partial charge in [0.1, 0.15) is 5.84 Å². The highest BCUT2D eigenvalue weighted by molar-refractivity contribution is 5.79. The molecule has 0 bridgehead atoms. The van der Waals surface area contributed by atoms with Gasteiger partial charge in [0.05, 0.1) is 0 Å². The van der Waals surface area contributed by atoms with Crippen molar-refractivity contribution in [3.05, 3.63) is 30.1 Å². The van der Waals surface area contributed by atoms with Gasteiger partial charge in [0.15, 0.2) is 0 Å². The van der Waals surface area contributed by atoms with E-state index in [1.807, 2.05) is 25.4 Å². The molecule has 0 atom stereocenters. The molecular formula is C10H16N4O. The van der Waals surface area contributed by atoms with Gasteiger partial charge in [0.2, 0.25) is 0 Å². The fourth-order valence-electron chi connectivity index (χ4n) is 1.24. The maximum Gasteiger partial charge on any atom is 0.140 e. The molecule has 82 valence electrons. The molecule has 0 aliphatic rings. The number of hydrogen-bond donors (Lipinski definition) is 2. The van der Waals surface area contributed by atoms with Crippen molar-refractivity contribution in [2.24, 2.45) is 10.9 Å². The van der Waals surface area contributed by atoms with E-state index in [1.165, 1.54) is 0 Å². The lowest BCUT2D eigenvalue weighted by Gasteiger charge is -2.15. The molecule has 15 heavy (non-hydrogen) atoms. The van der Waals surface area contributed by atoms with Crippen LogP contribution in [0, 0.1) is 0 Å². The molecule has 0 radical (unpaired) electrons. The lowest BCUT2D eigenvalue weighted by molar-refractivity contribution is 0.309. The van der Waals surface area contributed by atoms with Crippen LogP contribution >= 0.6 is 0 Å². The standard InChI is InChI=1S/C10H16N4O/c1-14(6-4-10(11)13-15)8-9-3-2-5-12-7-9/h2-3,5,7,15H,4,6,8H2,1H3,(H2,11,13). The average Bonchev–Trinajstić information content (AvgIpc) is 2.27. The zero-order valence-corrected chi connectivity index (χ0v) is 8.80. The van der Waals surface area contributed by atoms with Crippen molar-refractivity contribution < 1.29 is 5.21 Å². The van der Waals surface area contributed by atoms with Crippen molar-refractivity contribution in [1.29, 1.82) is 0 Å². The molecule has 5 nitrogen and oxygen atoms in total. The minimum absolute atomic E-state index is 0.257. The smallest absolute Gasteiger partial charge is 0.140 e. The second-order valence-electron chi connectivity index (χ2n) is 3.44. The Morgan fingerprint density at radius 1 is 1.67 bits per heavy atom.